The average Bonchev–Trinajstić information content (AvgIpc) is 2.46. The number of thiocarbonyl (C=S) groups is 1. The molecule has 0 aliphatic carbocycles. The van der Waals surface area contributed by atoms with Crippen molar-refractivity contribution in [2.75, 3.05) is 6.61 Å². The third kappa shape index (κ3) is 4.01. The van der Waals surface area contributed by atoms with Gasteiger partial charge in [0.1, 0.15) is 5.75 Å². The highest BCUT2D eigenvalue weighted by molar-refractivity contribution is 7.80. The zero-order chi connectivity index (χ0) is 17.0. The van der Waals surface area contributed by atoms with Gasteiger partial charge >= 0.3 is 5.97 Å². The van der Waals surface area contributed by atoms with Crippen molar-refractivity contribution in [2.24, 2.45) is 0 Å². The van der Waals surface area contributed by atoms with Crippen LogP contribution in [0.1, 0.15) is 39.3 Å². The molecule has 0 amide bonds. The molecule has 0 unspecified atom stereocenters. The third-order valence-corrected chi connectivity index (χ3v) is 3.58. The number of allylic oxidation sites excluding steroid dienone is 1. The first-order chi connectivity index (χ1) is 10.9. The second-order valence-corrected chi connectivity index (χ2v) is 5.90. The molecule has 1 atom stereocenters. The van der Waals surface area contributed by atoms with E-state index < -0.39 is 6.04 Å². The lowest BCUT2D eigenvalue weighted by molar-refractivity contribution is -0.139. The van der Waals surface area contributed by atoms with E-state index in [1.807, 2.05) is 45.0 Å². The Bertz CT molecular complexity index is 640. The van der Waals surface area contributed by atoms with Gasteiger partial charge in [0.25, 0.3) is 0 Å². The van der Waals surface area contributed by atoms with Gasteiger partial charge in [0, 0.05) is 11.3 Å². The monoisotopic (exact) mass is 334 g/mol. The van der Waals surface area contributed by atoms with Crippen molar-refractivity contribution < 1.29 is 14.3 Å². The van der Waals surface area contributed by atoms with E-state index in [1.54, 1.807) is 6.92 Å². The summed E-state index contributed by atoms with van der Waals surface area (Å²) in [6, 6.07) is 7.22. The first-order valence-electron chi connectivity index (χ1n) is 7.65. The topological polar surface area (TPSA) is 59.6 Å². The van der Waals surface area contributed by atoms with Crippen LogP contribution in [0.3, 0.4) is 0 Å². The lowest BCUT2D eigenvalue weighted by atomic mass is 9.95. The van der Waals surface area contributed by atoms with Gasteiger partial charge in [-0.1, -0.05) is 18.2 Å². The number of hydrogen-bond acceptors (Lipinski definition) is 4. The Labute approximate surface area is 142 Å². The van der Waals surface area contributed by atoms with Crippen LogP contribution in [0.2, 0.25) is 0 Å². The summed E-state index contributed by atoms with van der Waals surface area (Å²) in [5.74, 6) is 0.358. The summed E-state index contributed by atoms with van der Waals surface area (Å²) in [5, 5.41) is 6.61. The Morgan fingerprint density at radius 2 is 2.04 bits per heavy atom. The minimum Gasteiger partial charge on any atom is -0.491 e. The molecule has 2 rings (SSSR count). The van der Waals surface area contributed by atoms with Crippen molar-refractivity contribution in [3.8, 4) is 5.75 Å². The molecule has 0 spiro atoms. The number of hydrogen-bond donors (Lipinski definition) is 2. The predicted octanol–water partition coefficient (Wildman–Crippen LogP) is 2.83. The summed E-state index contributed by atoms with van der Waals surface area (Å²) in [6.07, 6.45) is 0.0286. The molecule has 1 aromatic carbocycles. The SMILES string of the molecule is CCOC(=O)C1=C(C)NC(=S)N[C@H]1c1ccccc1OC(C)C. The summed E-state index contributed by atoms with van der Waals surface area (Å²) in [6.45, 7) is 7.84. The molecule has 0 aromatic heterocycles. The zero-order valence-electron chi connectivity index (χ0n) is 13.8. The fourth-order valence-electron chi connectivity index (χ4n) is 2.49. The van der Waals surface area contributed by atoms with Gasteiger partial charge in [-0.05, 0) is 46.0 Å². The van der Waals surface area contributed by atoms with Crippen LogP contribution in [-0.2, 0) is 9.53 Å². The number of carbonyl (C=O) groups excluding carboxylic acids is 1. The van der Waals surface area contributed by atoms with E-state index in [4.69, 9.17) is 21.7 Å². The predicted molar refractivity (Wildman–Crippen MR) is 93.1 cm³/mol. The van der Waals surface area contributed by atoms with Crippen molar-refractivity contribution in [1.82, 2.24) is 10.6 Å². The van der Waals surface area contributed by atoms with Crippen LogP contribution in [0.15, 0.2) is 35.5 Å². The molecule has 1 aliphatic rings. The largest absolute Gasteiger partial charge is 0.491 e. The van der Waals surface area contributed by atoms with Crippen molar-refractivity contribution in [1.29, 1.82) is 0 Å². The molecule has 0 fully saturated rings. The number of nitrogens with one attached hydrogen (secondary N) is 2. The van der Waals surface area contributed by atoms with Crippen molar-refractivity contribution in [3.63, 3.8) is 0 Å². The maximum atomic E-state index is 12.4. The molecule has 0 bridgehead atoms. The van der Waals surface area contributed by atoms with Crippen LogP contribution in [0, 0.1) is 0 Å². The minimum absolute atomic E-state index is 0.0286. The zero-order valence-corrected chi connectivity index (χ0v) is 14.6. The smallest absolute Gasteiger partial charge is 0.338 e. The first-order valence-corrected chi connectivity index (χ1v) is 8.05. The van der Waals surface area contributed by atoms with Crippen LogP contribution >= 0.6 is 12.2 Å². The molecule has 0 saturated carbocycles. The summed E-state index contributed by atoms with van der Waals surface area (Å²) >= 11 is 5.25. The highest BCUT2D eigenvalue weighted by Crippen LogP contribution is 2.33. The lowest BCUT2D eigenvalue weighted by Crippen LogP contribution is -2.45. The standard InChI is InChI=1S/C17H22N2O3S/c1-5-21-16(20)14-11(4)18-17(23)19-15(14)12-8-6-7-9-13(12)22-10(2)3/h6-10,15H,5H2,1-4H3,(H2,18,19,23)/t15-/m0/s1. The van der Waals surface area contributed by atoms with E-state index >= 15 is 0 Å². The summed E-state index contributed by atoms with van der Waals surface area (Å²) < 4.78 is 11.1. The molecule has 124 valence electrons. The van der Waals surface area contributed by atoms with E-state index in [-0.39, 0.29) is 12.1 Å². The number of rotatable bonds is 5. The molecular formula is C17H22N2O3S. The van der Waals surface area contributed by atoms with Gasteiger partial charge in [0.15, 0.2) is 5.11 Å². The van der Waals surface area contributed by atoms with Crippen LogP contribution in [-0.4, -0.2) is 23.8 Å². The molecule has 2 N–H and O–H groups in total. The molecule has 1 aliphatic heterocycles. The first kappa shape index (κ1) is 17.3. The van der Waals surface area contributed by atoms with E-state index in [0.29, 0.717) is 23.0 Å². The van der Waals surface area contributed by atoms with Gasteiger partial charge in [-0.2, -0.15) is 0 Å². The Morgan fingerprint density at radius 1 is 1.35 bits per heavy atom. The maximum absolute atomic E-state index is 12.4. The molecule has 1 aromatic rings. The number of para-hydroxylation sites is 1. The molecule has 5 nitrogen and oxygen atoms in total. The van der Waals surface area contributed by atoms with Crippen molar-refractivity contribution >= 4 is 23.3 Å². The van der Waals surface area contributed by atoms with Crippen LogP contribution in [0.25, 0.3) is 0 Å². The number of esters is 1. The molecular weight excluding hydrogens is 312 g/mol. The normalized spacial score (nSPS) is 17.6. The van der Waals surface area contributed by atoms with Gasteiger partial charge in [0.2, 0.25) is 0 Å². The highest BCUT2D eigenvalue weighted by Gasteiger charge is 2.32. The number of carbonyl (C=O) groups is 1. The Kier molecular flexibility index (Phi) is 5.60. The van der Waals surface area contributed by atoms with Gasteiger partial charge in [-0.25, -0.2) is 4.79 Å². The Morgan fingerprint density at radius 3 is 2.70 bits per heavy atom. The van der Waals surface area contributed by atoms with Crippen molar-refractivity contribution in [3.05, 3.63) is 41.1 Å². The summed E-state index contributed by atoms with van der Waals surface area (Å²) in [7, 11) is 0. The number of benzene rings is 1. The van der Waals surface area contributed by atoms with Crippen LogP contribution in [0.4, 0.5) is 0 Å². The minimum atomic E-state index is -0.405. The Balaban J connectivity index is 2.48. The molecule has 0 radical (unpaired) electrons. The van der Waals surface area contributed by atoms with Gasteiger partial charge < -0.3 is 20.1 Å². The van der Waals surface area contributed by atoms with Gasteiger partial charge in [0.05, 0.1) is 24.3 Å². The average molecular weight is 334 g/mol. The molecule has 1 heterocycles. The van der Waals surface area contributed by atoms with Crippen LogP contribution < -0.4 is 15.4 Å². The lowest BCUT2D eigenvalue weighted by Gasteiger charge is -2.31. The summed E-state index contributed by atoms with van der Waals surface area (Å²) in [5.41, 5.74) is 2.06. The maximum Gasteiger partial charge on any atom is 0.338 e. The van der Waals surface area contributed by atoms with Crippen molar-refractivity contribution in [2.45, 2.75) is 39.8 Å². The van der Waals surface area contributed by atoms with E-state index in [0.717, 1.165) is 11.3 Å². The second kappa shape index (κ2) is 7.46. The molecule has 23 heavy (non-hydrogen) atoms. The number of ether oxygens (including phenoxy) is 2. The quantitative estimate of drug-likeness (QED) is 0.638. The second-order valence-electron chi connectivity index (χ2n) is 5.50. The summed E-state index contributed by atoms with van der Waals surface area (Å²) in [4.78, 5) is 12.4. The molecule has 0 saturated heterocycles. The van der Waals surface area contributed by atoms with Gasteiger partial charge in [-0.3, -0.25) is 0 Å². The van der Waals surface area contributed by atoms with Gasteiger partial charge in [-0.15, -0.1) is 0 Å². The van der Waals surface area contributed by atoms with E-state index in [1.165, 1.54) is 0 Å². The third-order valence-electron chi connectivity index (χ3n) is 3.36. The highest BCUT2D eigenvalue weighted by atomic mass is 32.1. The van der Waals surface area contributed by atoms with E-state index in [9.17, 15) is 4.79 Å². The fraction of sp³-hybridized carbons (Fsp3) is 0.412. The molecule has 6 heteroatoms. The Hall–Kier alpha value is -2.08. The van der Waals surface area contributed by atoms with Crippen LogP contribution in [0.5, 0.6) is 5.75 Å². The fourth-order valence-corrected chi connectivity index (χ4v) is 2.76. The van der Waals surface area contributed by atoms with E-state index in [2.05, 4.69) is 10.6 Å².